The number of nitro groups is 1. The summed E-state index contributed by atoms with van der Waals surface area (Å²) in [6.07, 6.45) is -4.61. The van der Waals surface area contributed by atoms with Crippen LogP contribution in [-0.2, 0) is 11.3 Å². The van der Waals surface area contributed by atoms with Gasteiger partial charge in [-0.15, -0.1) is 12.4 Å². The van der Waals surface area contributed by atoms with Gasteiger partial charge >= 0.3 is 12.1 Å². The molecule has 0 saturated carbocycles. The van der Waals surface area contributed by atoms with E-state index in [4.69, 9.17) is 9.63 Å². The Bertz CT molecular complexity index is 858. The normalized spacial score (nSPS) is 20.0. The van der Waals surface area contributed by atoms with E-state index in [1.807, 2.05) is 0 Å². The van der Waals surface area contributed by atoms with Gasteiger partial charge in [0.1, 0.15) is 0 Å². The Kier molecular flexibility index (Phi) is 6.24. The monoisotopic (exact) mass is 422 g/mol. The number of hydrogen-bond acceptors (Lipinski definition) is 7. The molecule has 1 aromatic heterocycles. The average Bonchev–Trinajstić information content (AvgIpc) is 3.22. The van der Waals surface area contributed by atoms with Crippen molar-refractivity contribution in [2.24, 2.45) is 11.8 Å². The fourth-order valence-corrected chi connectivity index (χ4v) is 2.96. The van der Waals surface area contributed by atoms with E-state index in [0.717, 1.165) is 0 Å². The molecule has 0 spiro atoms. The largest absolute Gasteiger partial charge is 0.481 e. The van der Waals surface area contributed by atoms with Gasteiger partial charge in [-0.3, -0.25) is 19.8 Å². The van der Waals surface area contributed by atoms with Crippen LogP contribution in [0.4, 0.5) is 18.9 Å². The van der Waals surface area contributed by atoms with Crippen molar-refractivity contribution in [2.75, 3.05) is 13.1 Å². The van der Waals surface area contributed by atoms with E-state index >= 15 is 0 Å². The summed E-state index contributed by atoms with van der Waals surface area (Å²) in [5.74, 6) is -4.87. The third-order valence-corrected chi connectivity index (χ3v) is 4.30. The van der Waals surface area contributed by atoms with Gasteiger partial charge in [0.15, 0.2) is 0 Å². The zero-order valence-corrected chi connectivity index (χ0v) is 14.8. The topological polar surface area (TPSA) is 123 Å². The summed E-state index contributed by atoms with van der Waals surface area (Å²) in [5.41, 5.74) is 0.325. The van der Waals surface area contributed by atoms with Gasteiger partial charge in [0, 0.05) is 30.8 Å². The molecule has 3 rings (SSSR count). The van der Waals surface area contributed by atoms with E-state index < -0.39 is 35.4 Å². The van der Waals surface area contributed by atoms with Gasteiger partial charge in [0.2, 0.25) is 11.7 Å². The molecule has 1 aliphatic heterocycles. The highest BCUT2D eigenvalue weighted by Crippen LogP contribution is 2.38. The number of carboxylic acids is 1. The first kappa shape index (κ1) is 21.6. The molecule has 0 amide bonds. The van der Waals surface area contributed by atoms with Crippen LogP contribution in [0.25, 0.3) is 11.4 Å². The molecule has 152 valence electrons. The number of rotatable bonds is 5. The van der Waals surface area contributed by atoms with Gasteiger partial charge in [-0.1, -0.05) is 5.16 Å². The van der Waals surface area contributed by atoms with Crippen LogP contribution in [-0.4, -0.2) is 50.3 Å². The number of nitro benzene ring substituents is 1. The third-order valence-electron chi connectivity index (χ3n) is 4.30. The average molecular weight is 423 g/mol. The maximum absolute atomic E-state index is 13.0. The predicted molar refractivity (Wildman–Crippen MR) is 89.6 cm³/mol. The van der Waals surface area contributed by atoms with Crippen molar-refractivity contribution in [3.8, 4) is 11.4 Å². The quantitative estimate of drug-likeness (QED) is 0.576. The maximum atomic E-state index is 13.0. The molecule has 1 aliphatic rings. The van der Waals surface area contributed by atoms with Gasteiger partial charge in [0.05, 0.1) is 23.3 Å². The van der Waals surface area contributed by atoms with E-state index in [1.165, 1.54) is 29.2 Å². The van der Waals surface area contributed by atoms with Crippen molar-refractivity contribution >= 4 is 24.1 Å². The summed E-state index contributed by atoms with van der Waals surface area (Å²) in [6.45, 7) is -0.888. The Morgan fingerprint density at radius 3 is 2.46 bits per heavy atom. The zero-order valence-electron chi connectivity index (χ0n) is 14.0. The summed E-state index contributed by atoms with van der Waals surface area (Å²) < 4.78 is 44.0. The molecule has 2 heterocycles. The Morgan fingerprint density at radius 2 is 1.96 bits per heavy atom. The number of carboxylic acid groups (broad SMARTS) is 1. The molecular formula is C15H14ClF3N4O5. The summed E-state index contributed by atoms with van der Waals surface area (Å²) >= 11 is 0. The second-order valence-electron chi connectivity index (χ2n) is 6.10. The molecular weight excluding hydrogens is 409 g/mol. The molecule has 0 bridgehead atoms. The number of nitrogens with zero attached hydrogens (tertiary/aromatic N) is 4. The minimum absolute atomic E-state index is 0. The second-order valence-corrected chi connectivity index (χ2v) is 6.10. The number of hydrogen-bond donors (Lipinski definition) is 1. The number of non-ortho nitro benzene ring substituents is 1. The molecule has 1 saturated heterocycles. The zero-order chi connectivity index (χ0) is 19.8. The molecule has 13 heteroatoms. The lowest BCUT2D eigenvalue weighted by atomic mass is 9.96. The minimum Gasteiger partial charge on any atom is -0.481 e. The molecule has 0 radical (unpaired) electrons. The van der Waals surface area contributed by atoms with Gasteiger partial charge in [-0.2, -0.15) is 18.2 Å². The molecule has 1 N–H and O–H groups in total. The number of halogens is 4. The SMILES string of the molecule is Cl.O=C(O)[C@@H]1CN(Cc2nc(-c3ccc([N+](=O)[O-])cc3)no2)C[C@H]1C(F)(F)F. The van der Waals surface area contributed by atoms with Crippen molar-refractivity contribution in [3.05, 3.63) is 40.3 Å². The maximum Gasteiger partial charge on any atom is 0.393 e. The van der Waals surface area contributed by atoms with E-state index in [0.29, 0.717) is 5.56 Å². The van der Waals surface area contributed by atoms with Crippen LogP contribution < -0.4 is 0 Å². The first-order chi connectivity index (χ1) is 12.6. The molecule has 0 aliphatic carbocycles. The highest BCUT2D eigenvalue weighted by Gasteiger charge is 2.52. The second kappa shape index (κ2) is 8.10. The molecule has 9 nitrogen and oxygen atoms in total. The van der Waals surface area contributed by atoms with Crippen molar-refractivity contribution < 1.29 is 32.5 Å². The van der Waals surface area contributed by atoms with Gasteiger partial charge in [-0.25, -0.2) is 0 Å². The molecule has 2 aromatic rings. The van der Waals surface area contributed by atoms with Crippen molar-refractivity contribution in [2.45, 2.75) is 12.7 Å². The van der Waals surface area contributed by atoms with Crippen LogP contribution >= 0.6 is 12.4 Å². The van der Waals surface area contributed by atoms with Crippen molar-refractivity contribution in [1.82, 2.24) is 15.0 Å². The highest BCUT2D eigenvalue weighted by atomic mass is 35.5. The number of aromatic nitrogens is 2. The molecule has 28 heavy (non-hydrogen) atoms. The van der Waals surface area contributed by atoms with Crippen LogP contribution in [0.5, 0.6) is 0 Å². The number of aliphatic carboxylic acids is 1. The fraction of sp³-hybridized carbons (Fsp3) is 0.400. The van der Waals surface area contributed by atoms with Gasteiger partial charge in [0.25, 0.3) is 5.69 Å². The molecule has 0 unspecified atom stereocenters. The van der Waals surface area contributed by atoms with Gasteiger partial charge in [-0.05, 0) is 12.1 Å². The lowest BCUT2D eigenvalue weighted by Gasteiger charge is -2.17. The Hall–Kier alpha value is -2.73. The van der Waals surface area contributed by atoms with Crippen LogP contribution in [0.15, 0.2) is 28.8 Å². The van der Waals surface area contributed by atoms with Crippen molar-refractivity contribution in [3.63, 3.8) is 0 Å². The van der Waals surface area contributed by atoms with E-state index in [9.17, 15) is 28.1 Å². The summed E-state index contributed by atoms with van der Waals surface area (Å²) in [6, 6.07) is 5.36. The predicted octanol–water partition coefficient (Wildman–Crippen LogP) is 2.76. The van der Waals surface area contributed by atoms with E-state index in [-0.39, 0.29) is 42.9 Å². The standard InChI is InChI=1S/C15H13F3N4O5.ClH/c16-15(17,18)11-6-21(5-10(11)14(23)24)7-12-19-13(20-27-12)8-1-3-9(4-2-8)22(25)26;/h1-4,10-11H,5-7H2,(H,23,24);1H/t10-,11-;/m1./s1. The summed E-state index contributed by atoms with van der Waals surface area (Å²) in [4.78, 5) is 26.5. The number of benzene rings is 1. The third kappa shape index (κ3) is 4.57. The summed E-state index contributed by atoms with van der Waals surface area (Å²) in [5, 5.41) is 23.4. The van der Waals surface area contributed by atoms with Gasteiger partial charge < -0.3 is 9.63 Å². The highest BCUT2D eigenvalue weighted by molar-refractivity contribution is 5.85. The Labute approximate surface area is 161 Å². The smallest absolute Gasteiger partial charge is 0.393 e. The molecule has 1 fully saturated rings. The summed E-state index contributed by atoms with van der Waals surface area (Å²) in [7, 11) is 0. The van der Waals surface area contributed by atoms with E-state index in [1.54, 1.807) is 0 Å². The van der Waals surface area contributed by atoms with Crippen molar-refractivity contribution in [1.29, 1.82) is 0 Å². The Morgan fingerprint density at radius 1 is 1.32 bits per heavy atom. The van der Waals surface area contributed by atoms with Crippen LogP contribution in [0, 0.1) is 22.0 Å². The lowest BCUT2D eigenvalue weighted by molar-refractivity contribution is -0.384. The minimum atomic E-state index is -4.61. The number of alkyl halides is 3. The molecule has 1 aromatic carbocycles. The molecule has 2 atom stereocenters. The number of likely N-dealkylation sites (tertiary alicyclic amines) is 1. The number of carbonyl (C=O) groups is 1. The Balaban J connectivity index is 0.00000280. The lowest BCUT2D eigenvalue weighted by Crippen LogP contribution is -2.33. The van der Waals surface area contributed by atoms with Crippen LogP contribution in [0.1, 0.15) is 5.89 Å². The van der Waals surface area contributed by atoms with Crippen LogP contribution in [0.3, 0.4) is 0 Å². The first-order valence-electron chi connectivity index (χ1n) is 7.74. The fourth-order valence-electron chi connectivity index (χ4n) is 2.96. The van der Waals surface area contributed by atoms with E-state index in [2.05, 4.69) is 10.1 Å². The first-order valence-corrected chi connectivity index (χ1v) is 7.74. The van der Waals surface area contributed by atoms with Crippen LogP contribution in [0.2, 0.25) is 0 Å².